The SMILES string of the molecule is ClCC(Cc1ccc(Br)cc1)CC1Cc2ccccc2O1. The Balaban J connectivity index is 1.60. The van der Waals surface area contributed by atoms with Crippen molar-refractivity contribution in [1.82, 2.24) is 0 Å². The first-order valence-corrected chi connectivity index (χ1v) is 8.62. The molecule has 21 heavy (non-hydrogen) atoms. The highest BCUT2D eigenvalue weighted by atomic mass is 79.9. The molecule has 0 aliphatic carbocycles. The largest absolute Gasteiger partial charge is 0.490 e. The number of hydrogen-bond donors (Lipinski definition) is 0. The van der Waals surface area contributed by atoms with Crippen molar-refractivity contribution >= 4 is 27.5 Å². The van der Waals surface area contributed by atoms with E-state index in [4.69, 9.17) is 16.3 Å². The number of rotatable bonds is 5. The summed E-state index contributed by atoms with van der Waals surface area (Å²) in [4.78, 5) is 0. The maximum absolute atomic E-state index is 6.17. The van der Waals surface area contributed by atoms with E-state index in [9.17, 15) is 0 Å². The molecule has 0 saturated carbocycles. The van der Waals surface area contributed by atoms with Crippen molar-refractivity contribution < 1.29 is 4.74 Å². The first kappa shape index (κ1) is 14.9. The van der Waals surface area contributed by atoms with Crippen LogP contribution in [0, 0.1) is 5.92 Å². The summed E-state index contributed by atoms with van der Waals surface area (Å²) in [7, 11) is 0. The van der Waals surface area contributed by atoms with Gasteiger partial charge in [0.25, 0.3) is 0 Å². The van der Waals surface area contributed by atoms with Gasteiger partial charge in [-0.15, -0.1) is 11.6 Å². The molecule has 2 unspecified atom stereocenters. The summed E-state index contributed by atoms with van der Waals surface area (Å²) in [6.07, 6.45) is 3.28. The van der Waals surface area contributed by atoms with Crippen LogP contribution in [0.4, 0.5) is 0 Å². The van der Waals surface area contributed by atoms with Gasteiger partial charge in [-0.1, -0.05) is 46.3 Å². The van der Waals surface area contributed by atoms with Crippen LogP contribution in [0.5, 0.6) is 5.75 Å². The summed E-state index contributed by atoms with van der Waals surface area (Å²) in [5, 5.41) is 0. The molecule has 3 rings (SSSR count). The van der Waals surface area contributed by atoms with Crippen LogP contribution in [0.25, 0.3) is 0 Å². The van der Waals surface area contributed by atoms with Crippen LogP contribution in [0.1, 0.15) is 17.5 Å². The van der Waals surface area contributed by atoms with Crippen molar-refractivity contribution in [3.63, 3.8) is 0 Å². The number of ether oxygens (including phenoxy) is 1. The number of para-hydroxylation sites is 1. The molecule has 1 aliphatic heterocycles. The second-order valence-corrected chi connectivity index (χ2v) is 6.86. The molecule has 3 heteroatoms. The van der Waals surface area contributed by atoms with Gasteiger partial charge in [0, 0.05) is 16.8 Å². The van der Waals surface area contributed by atoms with E-state index in [1.165, 1.54) is 11.1 Å². The van der Waals surface area contributed by atoms with E-state index in [1.807, 2.05) is 6.07 Å². The normalized spacial score (nSPS) is 18.1. The van der Waals surface area contributed by atoms with Crippen molar-refractivity contribution in [2.45, 2.75) is 25.4 Å². The number of halogens is 2. The van der Waals surface area contributed by atoms with Crippen molar-refractivity contribution in [2.24, 2.45) is 5.92 Å². The Bertz CT molecular complexity index is 571. The van der Waals surface area contributed by atoms with E-state index in [0.717, 1.165) is 29.5 Å². The zero-order valence-corrected chi connectivity index (χ0v) is 14.1. The Morgan fingerprint density at radius 2 is 1.90 bits per heavy atom. The van der Waals surface area contributed by atoms with Gasteiger partial charge in [0.05, 0.1) is 0 Å². The van der Waals surface area contributed by atoms with Crippen LogP contribution < -0.4 is 4.74 Å². The minimum atomic E-state index is 0.265. The second kappa shape index (κ2) is 6.85. The highest BCUT2D eigenvalue weighted by Crippen LogP contribution is 2.31. The Labute approximate surface area is 139 Å². The Hall–Kier alpha value is -0.990. The average Bonchev–Trinajstić information content (AvgIpc) is 2.91. The van der Waals surface area contributed by atoms with Gasteiger partial charge in [0.2, 0.25) is 0 Å². The topological polar surface area (TPSA) is 9.23 Å². The van der Waals surface area contributed by atoms with E-state index in [1.54, 1.807) is 0 Å². The van der Waals surface area contributed by atoms with E-state index in [2.05, 4.69) is 58.4 Å². The molecule has 0 saturated heterocycles. The van der Waals surface area contributed by atoms with Crippen LogP contribution in [-0.2, 0) is 12.8 Å². The summed E-state index contributed by atoms with van der Waals surface area (Å²) < 4.78 is 7.14. The number of alkyl halides is 1. The van der Waals surface area contributed by atoms with Gasteiger partial charge < -0.3 is 4.74 Å². The molecule has 0 spiro atoms. The standard InChI is InChI=1S/C18H18BrClO/c19-16-7-5-13(6-8-16)9-14(12-20)10-17-11-15-3-1-2-4-18(15)21-17/h1-8,14,17H,9-12H2. The fraction of sp³-hybridized carbons (Fsp3) is 0.333. The highest BCUT2D eigenvalue weighted by Gasteiger charge is 2.25. The van der Waals surface area contributed by atoms with Crippen molar-refractivity contribution in [1.29, 1.82) is 0 Å². The molecular weight excluding hydrogens is 348 g/mol. The molecule has 0 N–H and O–H groups in total. The van der Waals surface area contributed by atoms with Gasteiger partial charge in [0.1, 0.15) is 11.9 Å². The van der Waals surface area contributed by atoms with E-state index in [-0.39, 0.29) is 6.10 Å². The molecule has 0 radical (unpaired) electrons. The lowest BCUT2D eigenvalue weighted by atomic mass is 9.94. The molecular formula is C18H18BrClO. The van der Waals surface area contributed by atoms with Gasteiger partial charge in [-0.3, -0.25) is 0 Å². The van der Waals surface area contributed by atoms with Crippen molar-refractivity contribution in [3.05, 3.63) is 64.1 Å². The maximum atomic E-state index is 6.17. The quantitative estimate of drug-likeness (QED) is 0.658. The third-order valence-corrected chi connectivity index (χ3v) is 4.93. The molecule has 2 atom stereocenters. The lowest BCUT2D eigenvalue weighted by molar-refractivity contribution is 0.198. The molecule has 1 nitrogen and oxygen atoms in total. The highest BCUT2D eigenvalue weighted by molar-refractivity contribution is 9.10. The molecule has 1 aliphatic rings. The number of benzene rings is 2. The minimum absolute atomic E-state index is 0.265. The lowest BCUT2D eigenvalue weighted by Crippen LogP contribution is -2.20. The minimum Gasteiger partial charge on any atom is -0.490 e. The summed E-state index contributed by atoms with van der Waals surface area (Å²) in [5.74, 6) is 2.17. The zero-order chi connectivity index (χ0) is 14.7. The monoisotopic (exact) mass is 364 g/mol. The molecule has 110 valence electrons. The van der Waals surface area contributed by atoms with Gasteiger partial charge in [0.15, 0.2) is 0 Å². The fourth-order valence-electron chi connectivity index (χ4n) is 2.91. The Morgan fingerprint density at radius 1 is 1.14 bits per heavy atom. The van der Waals surface area contributed by atoms with Gasteiger partial charge >= 0.3 is 0 Å². The molecule has 1 heterocycles. The molecule has 0 fully saturated rings. The lowest BCUT2D eigenvalue weighted by Gasteiger charge is -2.18. The number of fused-ring (bicyclic) bond motifs is 1. The van der Waals surface area contributed by atoms with Crippen LogP contribution in [0.15, 0.2) is 53.0 Å². The van der Waals surface area contributed by atoms with Crippen LogP contribution in [0.3, 0.4) is 0 Å². The predicted octanol–water partition coefficient (Wildman–Crippen LogP) is 5.24. The van der Waals surface area contributed by atoms with Gasteiger partial charge in [-0.2, -0.15) is 0 Å². The van der Waals surface area contributed by atoms with E-state index in [0.29, 0.717) is 11.8 Å². The summed E-state index contributed by atoms with van der Waals surface area (Å²) >= 11 is 9.64. The van der Waals surface area contributed by atoms with Crippen molar-refractivity contribution in [3.8, 4) is 5.75 Å². The molecule has 0 aromatic heterocycles. The first-order valence-electron chi connectivity index (χ1n) is 7.29. The molecule has 2 aromatic carbocycles. The zero-order valence-electron chi connectivity index (χ0n) is 11.8. The van der Waals surface area contributed by atoms with Crippen LogP contribution >= 0.6 is 27.5 Å². The third kappa shape index (κ3) is 3.81. The van der Waals surface area contributed by atoms with E-state index < -0.39 is 0 Å². The number of hydrogen-bond acceptors (Lipinski definition) is 1. The smallest absolute Gasteiger partial charge is 0.123 e. The molecule has 2 aromatic rings. The molecule has 0 amide bonds. The fourth-order valence-corrected chi connectivity index (χ4v) is 3.41. The predicted molar refractivity (Wildman–Crippen MR) is 91.2 cm³/mol. The summed E-state index contributed by atoms with van der Waals surface area (Å²) in [6, 6.07) is 16.8. The van der Waals surface area contributed by atoms with Gasteiger partial charge in [-0.25, -0.2) is 0 Å². The van der Waals surface area contributed by atoms with Crippen LogP contribution in [0.2, 0.25) is 0 Å². The second-order valence-electron chi connectivity index (χ2n) is 5.64. The maximum Gasteiger partial charge on any atom is 0.123 e. The molecule has 0 bridgehead atoms. The summed E-state index contributed by atoms with van der Waals surface area (Å²) in [5.41, 5.74) is 2.65. The first-order chi connectivity index (χ1) is 10.2. The third-order valence-electron chi connectivity index (χ3n) is 3.97. The van der Waals surface area contributed by atoms with Gasteiger partial charge in [-0.05, 0) is 48.1 Å². The Kier molecular flexibility index (Phi) is 4.87. The van der Waals surface area contributed by atoms with Crippen LogP contribution in [-0.4, -0.2) is 12.0 Å². The Morgan fingerprint density at radius 3 is 2.62 bits per heavy atom. The van der Waals surface area contributed by atoms with E-state index >= 15 is 0 Å². The van der Waals surface area contributed by atoms with Crippen molar-refractivity contribution in [2.75, 3.05) is 5.88 Å². The summed E-state index contributed by atoms with van der Waals surface area (Å²) in [6.45, 7) is 0. The average molecular weight is 366 g/mol.